The summed E-state index contributed by atoms with van der Waals surface area (Å²) in [5.74, 6) is 0. The van der Waals surface area contributed by atoms with E-state index in [1.54, 1.807) is 0 Å². The van der Waals surface area contributed by atoms with Crippen LogP contribution in [-0.2, 0) is 6.42 Å². The van der Waals surface area contributed by atoms with Crippen LogP contribution < -0.4 is 0 Å². The molecular formula is C13H15N. The molecule has 1 aliphatic heterocycles. The summed E-state index contributed by atoms with van der Waals surface area (Å²) in [6, 6.07) is 8.78. The first-order chi connectivity index (χ1) is 6.79. The van der Waals surface area contributed by atoms with Gasteiger partial charge in [0.2, 0.25) is 0 Å². The highest BCUT2D eigenvalue weighted by atomic mass is 14.7. The smallest absolute Gasteiger partial charge is 0.0309 e. The van der Waals surface area contributed by atoms with Crippen LogP contribution in [0.3, 0.4) is 0 Å². The van der Waals surface area contributed by atoms with Crippen molar-refractivity contribution in [2.75, 3.05) is 0 Å². The van der Waals surface area contributed by atoms with E-state index in [1.165, 1.54) is 22.4 Å². The molecule has 14 heavy (non-hydrogen) atoms. The van der Waals surface area contributed by atoms with Gasteiger partial charge in [0.25, 0.3) is 0 Å². The van der Waals surface area contributed by atoms with Crippen LogP contribution >= 0.6 is 0 Å². The number of benzene rings is 1. The Hall–Kier alpha value is -1.37. The molecule has 1 nitrogen and oxygen atoms in total. The molecule has 1 aromatic rings. The molecule has 72 valence electrons. The van der Waals surface area contributed by atoms with Gasteiger partial charge < -0.3 is 0 Å². The van der Waals surface area contributed by atoms with Gasteiger partial charge in [-0.1, -0.05) is 31.2 Å². The molecule has 1 heterocycles. The minimum Gasteiger partial charge on any atom is -0.265 e. The normalized spacial score (nSPS) is 15.3. The Morgan fingerprint density at radius 2 is 1.93 bits per heavy atom. The molecule has 1 aromatic carbocycles. The van der Waals surface area contributed by atoms with E-state index in [9.17, 15) is 0 Å². The summed E-state index contributed by atoms with van der Waals surface area (Å²) in [5.41, 5.74) is 5.25. The van der Waals surface area contributed by atoms with Crippen molar-refractivity contribution < 1.29 is 0 Å². The topological polar surface area (TPSA) is 12.4 Å². The molecule has 1 heteroatoms. The lowest BCUT2D eigenvalue weighted by Crippen LogP contribution is -1.88. The van der Waals surface area contributed by atoms with Crippen molar-refractivity contribution in [3.8, 4) is 0 Å². The van der Waals surface area contributed by atoms with Gasteiger partial charge in [-0.15, -0.1) is 0 Å². The van der Waals surface area contributed by atoms with E-state index in [1.807, 2.05) is 6.20 Å². The summed E-state index contributed by atoms with van der Waals surface area (Å²) in [7, 11) is 0. The summed E-state index contributed by atoms with van der Waals surface area (Å²) in [5, 5.41) is 0. The lowest BCUT2D eigenvalue weighted by molar-refractivity contribution is 1.14. The standard InChI is InChI=1S/C13H15N/c1-3-11-4-6-12(7-5-11)13-8-10(2)14-9-13/h4-7,9H,3,8H2,1-2H3. The Bertz CT molecular complexity index is 382. The van der Waals surface area contributed by atoms with Crippen LogP contribution in [0, 0.1) is 0 Å². The van der Waals surface area contributed by atoms with Gasteiger partial charge in [-0.25, -0.2) is 0 Å². The summed E-state index contributed by atoms with van der Waals surface area (Å²) >= 11 is 0. The molecule has 0 spiro atoms. The molecule has 0 atom stereocenters. The highest BCUT2D eigenvalue weighted by molar-refractivity contribution is 5.96. The summed E-state index contributed by atoms with van der Waals surface area (Å²) in [6.07, 6.45) is 4.09. The lowest BCUT2D eigenvalue weighted by atomic mass is 10.0. The predicted octanol–water partition coefficient (Wildman–Crippen LogP) is 3.45. The summed E-state index contributed by atoms with van der Waals surface area (Å²) in [6.45, 7) is 4.25. The van der Waals surface area contributed by atoms with Crippen molar-refractivity contribution in [2.45, 2.75) is 26.7 Å². The number of aryl methyl sites for hydroxylation is 1. The molecule has 2 rings (SSSR count). The summed E-state index contributed by atoms with van der Waals surface area (Å²) in [4.78, 5) is 4.29. The molecule has 0 radical (unpaired) electrons. The molecule has 0 unspecified atom stereocenters. The van der Waals surface area contributed by atoms with Gasteiger partial charge in [0.05, 0.1) is 0 Å². The van der Waals surface area contributed by atoms with Gasteiger partial charge in [0.15, 0.2) is 0 Å². The third-order valence-corrected chi connectivity index (χ3v) is 2.62. The quantitative estimate of drug-likeness (QED) is 0.669. The van der Waals surface area contributed by atoms with E-state index in [0.717, 1.165) is 12.8 Å². The third kappa shape index (κ3) is 1.77. The van der Waals surface area contributed by atoms with E-state index >= 15 is 0 Å². The Morgan fingerprint density at radius 3 is 2.43 bits per heavy atom. The fourth-order valence-electron chi connectivity index (χ4n) is 1.69. The first-order valence-electron chi connectivity index (χ1n) is 5.11. The van der Waals surface area contributed by atoms with Crippen LogP contribution in [0.2, 0.25) is 0 Å². The van der Waals surface area contributed by atoms with E-state index in [4.69, 9.17) is 0 Å². The largest absolute Gasteiger partial charge is 0.265 e. The summed E-state index contributed by atoms with van der Waals surface area (Å²) < 4.78 is 0. The van der Waals surface area contributed by atoms with E-state index < -0.39 is 0 Å². The van der Waals surface area contributed by atoms with Gasteiger partial charge in [-0.3, -0.25) is 4.99 Å². The van der Waals surface area contributed by atoms with Gasteiger partial charge in [0, 0.05) is 18.3 Å². The SMILES string of the molecule is CCc1ccc(C2=CN=C(C)C2)cc1. The van der Waals surface area contributed by atoms with E-state index in [2.05, 4.69) is 43.1 Å². The maximum absolute atomic E-state index is 4.29. The maximum Gasteiger partial charge on any atom is 0.0309 e. The van der Waals surface area contributed by atoms with E-state index in [0.29, 0.717) is 0 Å². The number of allylic oxidation sites excluding steroid dienone is 1. The Balaban J connectivity index is 2.19. The van der Waals surface area contributed by atoms with Gasteiger partial charge in [-0.2, -0.15) is 0 Å². The second-order valence-electron chi connectivity index (χ2n) is 3.75. The van der Waals surface area contributed by atoms with Gasteiger partial charge >= 0.3 is 0 Å². The average Bonchev–Trinajstić information content (AvgIpc) is 2.65. The first-order valence-corrected chi connectivity index (χ1v) is 5.11. The Morgan fingerprint density at radius 1 is 1.21 bits per heavy atom. The molecule has 0 saturated carbocycles. The number of rotatable bonds is 2. The first kappa shape index (κ1) is 9.20. The molecule has 0 saturated heterocycles. The zero-order valence-electron chi connectivity index (χ0n) is 8.75. The van der Waals surface area contributed by atoms with Crippen molar-refractivity contribution in [2.24, 2.45) is 4.99 Å². The fourth-order valence-corrected chi connectivity index (χ4v) is 1.69. The fraction of sp³-hybridized carbons (Fsp3) is 0.308. The number of aliphatic imine (C=N–C) groups is 1. The van der Waals surface area contributed by atoms with Crippen LogP contribution in [0.1, 0.15) is 31.4 Å². The van der Waals surface area contributed by atoms with Crippen LogP contribution in [0.25, 0.3) is 5.57 Å². The van der Waals surface area contributed by atoms with Crippen molar-refractivity contribution >= 4 is 11.3 Å². The molecule has 0 aliphatic carbocycles. The van der Waals surface area contributed by atoms with Crippen molar-refractivity contribution in [3.63, 3.8) is 0 Å². The van der Waals surface area contributed by atoms with Crippen molar-refractivity contribution in [1.29, 1.82) is 0 Å². The van der Waals surface area contributed by atoms with Crippen molar-refractivity contribution in [1.82, 2.24) is 0 Å². The van der Waals surface area contributed by atoms with Gasteiger partial charge in [-0.05, 0) is 30.0 Å². The number of hydrogen-bond donors (Lipinski definition) is 0. The Kier molecular flexibility index (Phi) is 2.49. The lowest BCUT2D eigenvalue weighted by Gasteiger charge is -2.03. The molecule has 0 aromatic heterocycles. The second kappa shape index (κ2) is 3.79. The molecule has 0 fully saturated rings. The van der Waals surface area contributed by atoms with Crippen molar-refractivity contribution in [3.05, 3.63) is 41.6 Å². The maximum atomic E-state index is 4.29. The zero-order valence-corrected chi connectivity index (χ0v) is 8.75. The van der Waals surface area contributed by atoms with Gasteiger partial charge in [0.1, 0.15) is 0 Å². The molecule has 0 N–H and O–H groups in total. The Labute approximate surface area is 85.2 Å². The minimum atomic E-state index is 1.01. The highest BCUT2D eigenvalue weighted by Crippen LogP contribution is 2.23. The average molecular weight is 185 g/mol. The van der Waals surface area contributed by atoms with Crippen LogP contribution in [0.15, 0.2) is 35.5 Å². The number of nitrogens with zero attached hydrogens (tertiary/aromatic N) is 1. The minimum absolute atomic E-state index is 1.01. The van der Waals surface area contributed by atoms with Crippen LogP contribution in [-0.4, -0.2) is 5.71 Å². The third-order valence-electron chi connectivity index (χ3n) is 2.62. The monoisotopic (exact) mass is 185 g/mol. The predicted molar refractivity (Wildman–Crippen MR) is 61.5 cm³/mol. The van der Waals surface area contributed by atoms with Crippen LogP contribution in [0.4, 0.5) is 0 Å². The zero-order chi connectivity index (χ0) is 9.97. The molecule has 0 bridgehead atoms. The van der Waals surface area contributed by atoms with E-state index in [-0.39, 0.29) is 0 Å². The molecule has 0 amide bonds. The molecule has 1 aliphatic rings. The molecular weight excluding hydrogens is 170 g/mol. The van der Waals surface area contributed by atoms with Crippen LogP contribution in [0.5, 0.6) is 0 Å². The second-order valence-corrected chi connectivity index (χ2v) is 3.75. The highest BCUT2D eigenvalue weighted by Gasteiger charge is 2.07. The number of hydrogen-bond acceptors (Lipinski definition) is 1.